The second-order valence-electron chi connectivity index (χ2n) is 6.16. The average Bonchev–Trinajstić information content (AvgIpc) is 2.80. The minimum atomic E-state index is 0.203. The third kappa shape index (κ3) is 2.71. The first-order chi connectivity index (χ1) is 6.49. The van der Waals surface area contributed by atoms with Crippen molar-refractivity contribution in [1.82, 2.24) is 4.90 Å². The molecule has 2 aliphatic rings. The van der Waals surface area contributed by atoms with Crippen LogP contribution in [0.3, 0.4) is 0 Å². The van der Waals surface area contributed by atoms with Crippen LogP contribution >= 0.6 is 0 Å². The molecule has 2 rings (SSSR count). The molecule has 1 saturated heterocycles. The maximum Gasteiger partial charge on any atom is 0.0284 e. The molecular weight excluding hydrogens is 172 g/mol. The molecule has 1 aliphatic heterocycles. The van der Waals surface area contributed by atoms with Crippen molar-refractivity contribution in [3.05, 3.63) is 0 Å². The molecule has 0 bridgehead atoms. The summed E-state index contributed by atoms with van der Waals surface area (Å²) in [5.41, 5.74) is 6.91. The van der Waals surface area contributed by atoms with E-state index in [2.05, 4.69) is 18.7 Å². The largest absolute Gasteiger partial charge is 0.324 e. The fraction of sp³-hybridized carbons (Fsp3) is 1.00. The summed E-state index contributed by atoms with van der Waals surface area (Å²) in [5, 5.41) is 0. The summed E-state index contributed by atoms with van der Waals surface area (Å²) in [6, 6.07) is 0. The third-order valence-corrected chi connectivity index (χ3v) is 3.86. The molecule has 0 aromatic carbocycles. The minimum absolute atomic E-state index is 0.203. The highest BCUT2D eigenvalue weighted by Crippen LogP contribution is 2.35. The van der Waals surface area contributed by atoms with Crippen molar-refractivity contribution in [1.29, 1.82) is 0 Å². The molecule has 2 N–H and O–H groups in total. The second-order valence-corrected chi connectivity index (χ2v) is 6.16. The average molecular weight is 196 g/mol. The first-order valence-corrected chi connectivity index (χ1v) is 6.01. The van der Waals surface area contributed by atoms with Crippen LogP contribution in [0.2, 0.25) is 0 Å². The summed E-state index contributed by atoms with van der Waals surface area (Å²) in [4.78, 5) is 2.59. The lowest BCUT2D eigenvalue weighted by Crippen LogP contribution is -2.40. The lowest BCUT2D eigenvalue weighted by atomic mass is 9.85. The number of likely N-dealkylation sites (tertiary alicyclic amines) is 1. The quantitative estimate of drug-likeness (QED) is 0.732. The van der Waals surface area contributed by atoms with Crippen molar-refractivity contribution in [2.24, 2.45) is 11.1 Å². The smallest absolute Gasteiger partial charge is 0.0284 e. The summed E-state index contributed by atoms with van der Waals surface area (Å²) < 4.78 is 0. The van der Waals surface area contributed by atoms with Crippen molar-refractivity contribution in [3.8, 4) is 0 Å². The molecule has 1 heterocycles. The summed E-state index contributed by atoms with van der Waals surface area (Å²) in [7, 11) is 0. The van der Waals surface area contributed by atoms with E-state index >= 15 is 0 Å². The first kappa shape index (κ1) is 10.4. The zero-order valence-electron chi connectivity index (χ0n) is 9.68. The van der Waals surface area contributed by atoms with Crippen LogP contribution in [0.25, 0.3) is 0 Å². The fourth-order valence-corrected chi connectivity index (χ4v) is 2.40. The van der Waals surface area contributed by atoms with Crippen molar-refractivity contribution in [3.63, 3.8) is 0 Å². The van der Waals surface area contributed by atoms with E-state index in [-0.39, 0.29) is 5.54 Å². The maximum absolute atomic E-state index is 6.15. The summed E-state index contributed by atoms with van der Waals surface area (Å²) >= 11 is 0. The predicted octanol–water partition coefficient (Wildman–Crippen LogP) is 1.99. The van der Waals surface area contributed by atoms with E-state index in [0.717, 1.165) is 6.54 Å². The zero-order valence-corrected chi connectivity index (χ0v) is 9.68. The lowest BCUT2D eigenvalue weighted by molar-refractivity contribution is 0.244. The molecule has 0 unspecified atom stereocenters. The van der Waals surface area contributed by atoms with Crippen LogP contribution in [0.5, 0.6) is 0 Å². The van der Waals surface area contributed by atoms with Crippen molar-refractivity contribution >= 4 is 0 Å². The molecule has 2 fully saturated rings. The highest BCUT2D eigenvalue weighted by molar-refractivity contribution is 5.01. The van der Waals surface area contributed by atoms with Gasteiger partial charge in [0.2, 0.25) is 0 Å². The topological polar surface area (TPSA) is 29.3 Å². The Labute approximate surface area is 87.8 Å². The molecule has 1 saturated carbocycles. The van der Waals surface area contributed by atoms with Crippen LogP contribution in [-0.4, -0.2) is 30.1 Å². The Balaban J connectivity index is 1.83. The molecular formula is C12H24N2. The number of nitrogens with two attached hydrogens (primary N) is 1. The van der Waals surface area contributed by atoms with E-state index in [1.807, 2.05) is 0 Å². The molecule has 0 amide bonds. The van der Waals surface area contributed by atoms with Gasteiger partial charge in [-0.05, 0) is 50.6 Å². The molecule has 82 valence electrons. The highest BCUT2D eigenvalue weighted by Gasteiger charge is 2.40. The van der Waals surface area contributed by atoms with Gasteiger partial charge in [0, 0.05) is 12.1 Å². The number of hydrogen-bond acceptors (Lipinski definition) is 2. The molecule has 0 aromatic heterocycles. The van der Waals surface area contributed by atoms with Crippen LogP contribution in [0.1, 0.15) is 46.0 Å². The third-order valence-electron chi connectivity index (χ3n) is 3.86. The van der Waals surface area contributed by atoms with Crippen molar-refractivity contribution in [2.75, 3.05) is 19.6 Å². The Kier molecular flexibility index (Phi) is 2.61. The lowest BCUT2D eigenvalue weighted by Gasteiger charge is -2.25. The standard InChI is InChI=1S/C12H24N2/c1-11(2)4-3-8-14(9-7-11)10-12(13)5-6-12/h3-10,13H2,1-2H3. The van der Waals surface area contributed by atoms with Gasteiger partial charge in [0.1, 0.15) is 0 Å². The van der Waals surface area contributed by atoms with Gasteiger partial charge in [-0.2, -0.15) is 0 Å². The number of rotatable bonds is 2. The Bertz CT molecular complexity index is 206. The zero-order chi connectivity index (χ0) is 10.2. The maximum atomic E-state index is 6.15. The highest BCUT2D eigenvalue weighted by atomic mass is 15.2. The molecule has 0 aromatic rings. The molecule has 14 heavy (non-hydrogen) atoms. The van der Waals surface area contributed by atoms with Crippen LogP contribution in [0.4, 0.5) is 0 Å². The molecule has 1 aliphatic carbocycles. The van der Waals surface area contributed by atoms with Gasteiger partial charge < -0.3 is 10.6 Å². The Morgan fingerprint density at radius 3 is 2.43 bits per heavy atom. The van der Waals surface area contributed by atoms with Gasteiger partial charge >= 0.3 is 0 Å². The van der Waals surface area contributed by atoms with Crippen LogP contribution in [0.15, 0.2) is 0 Å². The van der Waals surface area contributed by atoms with E-state index in [0.29, 0.717) is 5.41 Å². The first-order valence-electron chi connectivity index (χ1n) is 6.01. The number of hydrogen-bond donors (Lipinski definition) is 1. The van der Waals surface area contributed by atoms with Gasteiger partial charge in [-0.3, -0.25) is 0 Å². The summed E-state index contributed by atoms with van der Waals surface area (Å²) in [5.74, 6) is 0. The van der Waals surface area contributed by atoms with Crippen LogP contribution in [0, 0.1) is 5.41 Å². The van der Waals surface area contributed by atoms with Gasteiger partial charge in [-0.25, -0.2) is 0 Å². The molecule has 0 atom stereocenters. The Morgan fingerprint density at radius 2 is 1.79 bits per heavy atom. The second kappa shape index (κ2) is 3.49. The van der Waals surface area contributed by atoms with Gasteiger partial charge in [-0.1, -0.05) is 13.8 Å². The van der Waals surface area contributed by atoms with Crippen molar-refractivity contribution < 1.29 is 0 Å². The molecule has 0 radical (unpaired) electrons. The summed E-state index contributed by atoms with van der Waals surface area (Å²) in [6.45, 7) is 8.45. The number of nitrogens with zero attached hydrogens (tertiary/aromatic N) is 1. The SMILES string of the molecule is CC1(C)CCCN(CC2(N)CC2)CC1. The van der Waals surface area contributed by atoms with Crippen LogP contribution < -0.4 is 5.73 Å². The monoisotopic (exact) mass is 196 g/mol. The molecule has 0 spiro atoms. The molecule has 2 heteroatoms. The Morgan fingerprint density at radius 1 is 1.07 bits per heavy atom. The van der Waals surface area contributed by atoms with Crippen LogP contribution in [-0.2, 0) is 0 Å². The predicted molar refractivity (Wildman–Crippen MR) is 60.2 cm³/mol. The van der Waals surface area contributed by atoms with E-state index in [1.54, 1.807) is 0 Å². The fourth-order valence-electron chi connectivity index (χ4n) is 2.40. The van der Waals surface area contributed by atoms with E-state index in [1.165, 1.54) is 45.2 Å². The van der Waals surface area contributed by atoms with Gasteiger partial charge in [0.15, 0.2) is 0 Å². The van der Waals surface area contributed by atoms with E-state index < -0.39 is 0 Å². The van der Waals surface area contributed by atoms with E-state index in [4.69, 9.17) is 5.73 Å². The van der Waals surface area contributed by atoms with Gasteiger partial charge in [-0.15, -0.1) is 0 Å². The molecule has 2 nitrogen and oxygen atoms in total. The Hall–Kier alpha value is -0.0800. The van der Waals surface area contributed by atoms with E-state index in [9.17, 15) is 0 Å². The normalized spacial score (nSPS) is 31.1. The minimum Gasteiger partial charge on any atom is -0.324 e. The summed E-state index contributed by atoms with van der Waals surface area (Å²) in [6.07, 6.45) is 6.55. The van der Waals surface area contributed by atoms with Gasteiger partial charge in [0.05, 0.1) is 0 Å². The van der Waals surface area contributed by atoms with Gasteiger partial charge in [0.25, 0.3) is 0 Å². The van der Waals surface area contributed by atoms with Crippen molar-refractivity contribution in [2.45, 2.75) is 51.5 Å².